The second-order valence-electron chi connectivity index (χ2n) is 4.58. The number of hydrogen-bond acceptors (Lipinski definition) is 3. The Hall–Kier alpha value is 0.170. The Kier molecular flexibility index (Phi) is 3.81. The molecule has 2 fully saturated rings. The van der Waals surface area contributed by atoms with E-state index < -0.39 is 0 Å². The van der Waals surface area contributed by atoms with Crippen LogP contribution >= 0.6 is 12.4 Å². The van der Waals surface area contributed by atoms with E-state index in [1.54, 1.807) is 0 Å². The van der Waals surface area contributed by atoms with Gasteiger partial charge < -0.3 is 14.7 Å². The van der Waals surface area contributed by atoms with Crippen molar-refractivity contribution >= 4 is 12.4 Å². The first-order valence-corrected chi connectivity index (χ1v) is 5.16. The van der Waals surface area contributed by atoms with Gasteiger partial charge in [0, 0.05) is 19.5 Å². The molecule has 2 saturated heterocycles. The molecule has 14 heavy (non-hydrogen) atoms. The summed E-state index contributed by atoms with van der Waals surface area (Å²) < 4.78 is 5.87. The highest BCUT2D eigenvalue weighted by Gasteiger charge is 2.45. The molecule has 84 valence electrons. The molecule has 0 bridgehead atoms. The van der Waals surface area contributed by atoms with Gasteiger partial charge in [0.25, 0.3) is 0 Å². The quantitative estimate of drug-likeness (QED) is 0.664. The number of nitrogens with zero attached hydrogens (tertiary/aromatic N) is 1. The molecule has 0 aromatic heterocycles. The van der Waals surface area contributed by atoms with Crippen molar-refractivity contribution in [2.24, 2.45) is 0 Å². The molecule has 0 aromatic carbocycles. The topological polar surface area (TPSA) is 32.7 Å². The molecule has 2 heterocycles. The zero-order chi connectivity index (χ0) is 9.47. The molecule has 0 radical (unpaired) electrons. The monoisotopic (exact) mass is 221 g/mol. The molecule has 2 rings (SSSR count). The Morgan fingerprint density at radius 1 is 1.36 bits per heavy atom. The molecule has 2 atom stereocenters. The lowest BCUT2D eigenvalue weighted by Gasteiger charge is -2.37. The van der Waals surface area contributed by atoms with Crippen molar-refractivity contribution in [1.29, 1.82) is 0 Å². The van der Waals surface area contributed by atoms with Gasteiger partial charge in [-0.3, -0.25) is 0 Å². The predicted molar refractivity (Wildman–Crippen MR) is 57.9 cm³/mol. The highest BCUT2D eigenvalue weighted by Crippen LogP contribution is 2.38. The Morgan fingerprint density at radius 3 is 2.36 bits per heavy atom. The average Bonchev–Trinajstić information content (AvgIpc) is 2.36. The van der Waals surface area contributed by atoms with Gasteiger partial charge in [-0.15, -0.1) is 12.4 Å². The first-order valence-electron chi connectivity index (χ1n) is 5.16. The molecule has 0 amide bonds. The molecule has 2 unspecified atom stereocenters. The highest BCUT2D eigenvalue weighted by molar-refractivity contribution is 5.85. The van der Waals surface area contributed by atoms with Crippen LogP contribution in [-0.4, -0.2) is 48.0 Å². The molecule has 3 nitrogen and oxygen atoms in total. The Morgan fingerprint density at radius 2 is 1.93 bits per heavy atom. The van der Waals surface area contributed by atoms with E-state index in [0.717, 1.165) is 32.4 Å². The summed E-state index contributed by atoms with van der Waals surface area (Å²) in [7, 11) is 2.14. The van der Waals surface area contributed by atoms with Crippen LogP contribution < -0.4 is 0 Å². The van der Waals surface area contributed by atoms with Crippen molar-refractivity contribution in [2.45, 2.75) is 44.0 Å². The summed E-state index contributed by atoms with van der Waals surface area (Å²) in [6, 6.07) is 0. The van der Waals surface area contributed by atoms with E-state index in [0.29, 0.717) is 0 Å². The van der Waals surface area contributed by atoms with Gasteiger partial charge in [-0.05, 0) is 26.8 Å². The summed E-state index contributed by atoms with van der Waals surface area (Å²) in [5.74, 6) is 0. The summed E-state index contributed by atoms with van der Waals surface area (Å²) in [6.45, 7) is 4.16. The third-order valence-corrected chi connectivity index (χ3v) is 3.46. The molecular weight excluding hydrogens is 202 g/mol. The van der Waals surface area contributed by atoms with Crippen LogP contribution in [0.2, 0.25) is 0 Å². The molecule has 2 aliphatic heterocycles. The van der Waals surface area contributed by atoms with E-state index in [1.807, 2.05) is 6.92 Å². The standard InChI is InChI=1S/C10H19NO2.ClH/c1-8-9(12)7-10(13-8)3-5-11(2)6-4-10;/h8-9,12H,3-7H2,1-2H3;1H. The van der Waals surface area contributed by atoms with Crippen molar-refractivity contribution in [3.63, 3.8) is 0 Å². The van der Waals surface area contributed by atoms with Crippen LogP contribution in [0, 0.1) is 0 Å². The minimum Gasteiger partial charge on any atom is -0.390 e. The van der Waals surface area contributed by atoms with Gasteiger partial charge in [0.1, 0.15) is 0 Å². The third-order valence-electron chi connectivity index (χ3n) is 3.46. The van der Waals surface area contributed by atoms with Gasteiger partial charge in [-0.25, -0.2) is 0 Å². The smallest absolute Gasteiger partial charge is 0.0826 e. The van der Waals surface area contributed by atoms with E-state index in [4.69, 9.17) is 4.74 Å². The Balaban J connectivity index is 0.000000980. The third kappa shape index (κ3) is 2.22. The summed E-state index contributed by atoms with van der Waals surface area (Å²) in [5, 5.41) is 9.64. The lowest BCUT2D eigenvalue weighted by molar-refractivity contribution is -0.0736. The van der Waals surface area contributed by atoms with Crippen molar-refractivity contribution in [3.8, 4) is 0 Å². The van der Waals surface area contributed by atoms with E-state index in [-0.39, 0.29) is 30.2 Å². The van der Waals surface area contributed by atoms with Crippen molar-refractivity contribution in [2.75, 3.05) is 20.1 Å². The van der Waals surface area contributed by atoms with Crippen LogP contribution in [0.4, 0.5) is 0 Å². The van der Waals surface area contributed by atoms with Gasteiger partial charge >= 0.3 is 0 Å². The Bertz CT molecular complexity index is 181. The minimum atomic E-state index is -0.247. The zero-order valence-electron chi connectivity index (χ0n) is 8.90. The van der Waals surface area contributed by atoms with Crippen LogP contribution in [0.1, 0.15) is 26.2 Å². The first kappa shape index (κ1) is 12.2. The van der Waals surface area contributed by atoms with Gasteiger partial charge in [0.2, 0.25) is 0 Å². The number of piperidine rings is 1. The fourth-order valence-corrected chi connectivity index (χ4v) is 2.42. The van der Waals surface area contributed by atoms with Gasteiger partial charge in [-0.1, -0.05) is 0 Å². The minimum absolute atomic E-state index is 0. The molecule has 0 aliphatic carbocycles. The lowest BCUT2D eigenvalue weighted by atomic mass is 9.88. The zero-order valence-corrected chi connectivity index (χ0v) is 9.72. The normalized spacial score (nSPS) is 37.1. The number of likely N-dealkylation sites (tertiary alicyclic amines) is 1. The largest absolute Gasteiger partial charge is 0.390 e. The summed E-state index contributed by atoms with van der Waals surface area (Å²) in [5.41, 5.74) is 0.00530. The van der Waals surface area contributed by atoms with E-state index in [1.165, 1.54) is 0 Å². The maximum Gasteiger partial charge on any atom is 0.0826 e. The molecule has 4 heteroatoms. The van der Waals surface area contributed by atoms with Crippen LogP contribution in [0.5, 0.6) is 0 Å². The van der Waals surface area contributed by atoms with Gasteiger partial charge in [0.05, 0.1) is 17.8 Å². The molecular formula is C10H20ClNO2. The van der Waals surface area contributed by atoms with Crippen LogP contribution in [0.25, 0.3) is 0 Å². The molecule has 1 spiro atoms. The number of halogens is 1. The van der Waals surface area contributed by atoms with Crippen LogP contribution in [0.3, 0.4) is 0 Å². The molecule has 2 aliphatic rings. The fourth-order valence-electron chi connectivity index (χ4n) is 2.42. The van der Waals surface area contributed by atoms with E-state index >= 15 is 0 Å². The summed E-state index contributed by atoms with van der Waals surface area (Å²) >= 11 is 0. The number of ether oxygens (including phenoxy) is 1. The maximum atomic E-state index is 9.64. The number of aliphatic hydroxyl groups is 1. The average molecular weight is 222 g/mol. The van der Waals surface area contributed by atoms with Gasteiger partial charge in [-0.2, -0.15) is 0 Å². The van der Waals surface area contributed by atoms with Crippen molar-refractivity contribution in [1.82, 2.24) is 4.90 Å². The second kappa shape index (κ2) is 4.35. The van der Waals surface area contributed by atoms with Crippen molar-refractivity contribution in [3.05, 3.63) is 0 Å². The maximum absolute atomic E-state index is 9.64. The predicted octanol–water partition coefficient (Wildman–Crippen LogP) is 1.04. The summed E-state index contributed by atoms with van der Waals surface area (Å²) in [6.07, 6.45) is 2.77. The van der Waals surface area contributed by atoms with Crippen molar-refractivity contribution < 1.29 is 9.84 Å². The van der Waals surface area contributed by atoms with Crippen LogP contribution in [-0.2, 0) is 4.74 Å². The van der Waals surface area contributed by atoms with Crippen LogP contribution in [0.15, 0.2) is 0 Å². The molecule has 0 saturated carbocycles. The first-order chi connectivity index (χ1) is 6.11. The SMILES string of the molecule is CC1OC2(CCN(C)CC2)CC1O.Cl. The number of hydrogen-bond donors (Lipinski definition) is 1. The molecule has 1 N–H and O–H groups in total. The lowest BCUT2D eigenvalue weighted by Crippen LogP contribution is -2.42. The second-order valence-corrected chi connectivity index (χ2v) is 4.58. The number of aliphatic hydroxyl groups excluding tert-OH is 1. The Labute approximate surface area is 91.8 Å². The summed E-state index contributed by atoms with van der Waals surface area (Å²) in [4.78, 5) is 2.32. The van der Waals surface area contributed by atoms with E-state index in [9.17, 15) is 5.11 Å². The molecule has 0 aromatic rings. The fraction of sp³-hybridized carbons (Fsp3) is 1.00. The van der Waals surface area contributed by atoms with Gasteiger partial charge in [0.15, 0.2) is 0 Å². The highest BCUT2D eigenvalue weighted by atomic mass is 35.5. The number of rotatable bonds is 0. The van der Waals surface area contributed by atoms with E-state index in [2.05, 4.69) is 11.9 Å².